The van der Waals surface area contributed by atoms with Gasteiger partial charge in [-0.05, 0) is 48.4 Å². The number of amides is 2. The Bertz CT molecular complexity index is 878. The number of rotatable bonds is 4. The van der Waals surface area contributed by atoms with E-state index < -0.39 is 0 Å². The molecule has 0 bridgehead atoms. The van der Waals surface area contributed by atoms with Gasteiger partial charge in [-0.2, -0.15) is 0 Å². The third-order valence-corrected chi connectivity index (χ3v) is 5.82. The molecule has 8 heteroatoms. The van der Waals surface area contributed by atoms with Crippen molar-refractivity contribution in [3.05, 3.63) is 59.9 Å². The van der Waals surface area contributed by atoms with E-state index in [9.17, 15) is 9.59 Å². The number of benzene rings is 1. The fourth-order valence-corrected chi connectivity index (χ4v) is 3.97. The topological polar surface area (TPSA) is 80.8 Å². The van der Waals surface area contributed by atoms with Gasteiger partial charge in [0, 0.05) is 70.0 Å². The highest BCUT2D eigenvalue weighted by Gasteiger charge is 2.34. The van der Waals surface area contributed by atoms with Crippen molar-refractivity contribution in [1.82, 2.24) is 25.6 Å². The molecule has 2 atom stereocenters. The molecule has 1 aromatic heterocycles. The molecule has 4 rings (SSSR count). The average molecular weight is 409 g/mol. The number of nitrogens with one attached hydrogen (secondary N) is 2. The average Bonchev–Trinajstić information content (AvgIpc) is 3.29. The van der Waals surface area contributed by atoms with Crippen molar-refractivity contribution >= 4 is 17.5 Å². The molecule has 2 saturated heterocycles. The van der Waals surface area contributed by atoms with Crippen molar-refractivity contribution < 1.29 is 9.59 Å². The van der Waals surface area contributed by atoms with Gasteiger partial charge in [-0.15, -0.1) is 0 Å². The molecule has 0 saturated carbocycles. The standard InChI is InChI=1S/C22H28N6O2/c1-26(2)18-5-3-17(4-6-18)21(29)27-11-13-28(14-12-27)22(30)20-15-19(24-25-20)16-7-9-23-10-8-16/h3-10,19-20,24-25H,11-15H2,1-2H3. The summed E-state index contributed by atoms with van der Waals surface area (Å²) in [5, 5.41) is 0. The van der Waals surface area contributed by atoms with Crippen LogP contribution in [0.15, 0.2) is 48.8 Å². The second-order valence-corrected chi connectivity index (χ2v) is 7.97. The smallest absolute Gasteiger partial charge is 0.253 e. The molecule has 2 aromatic rings. The van der Waals surface area contributed by atoms with E-state index >= 15 is 0 Å². The molecular formula is C22H28N6O2. The number of carbonyl (C=O) groups is 2. The van der Waals surface area contributed by atoms with Crippen LogP contribution in [0, 0.1) is 0 Å². The number of nitrogens with zero attached hydrogens (tertiary/aromatic N) is 4. The Morgan fingerprint density at radius 2 is 1.57 bits per heavy atom. The first-order chi connectivity index (χ1) is 14.5. The van der Waals surface area contributed by atoms with Gasteiger partial charge in [0.1, 0.15) is 6.04 Å². The molecule has 30 heavy (non-hydrogen) atoms. The van der Waals surface area contributed by atoms with Crippen LogP contribution >= 0.6 is 0 Å². The summed E-state index contributed by atoms with van der Waals surface area (Å²) >= 11 is 0. The van der Waals surface area contributed by atoms with Gasteiger partial charge in [0.2, 0.25) is 5.91 Å². The molecule has 0 aliphatic carbocycles. The fourth-order valence-electron chi connectivity index (χ4n) is 3.97. The Balaban J connectivity index is 1.30. The number of carbonyl (C=O) groups excluding carboxylic acids is 2. The Hall–Kier alpha value is -2.97. The van der Waals surface area contributed by atoms with Crippen molar-refractivity contribution in [1.29, 1.82) is 0 Å². The molecule has 8 nitrogen and oxygen atoms in total. The van der Waals surface area contributed by atoms with Crippen LogP contribution in [0.3, 0.4) is 0 Å². The number of pyridine rings is 1. The summed E-state index contributed by atoms with van der Waals surface area (Å²) in [6, 6.07) is 11.4. The zero-order valence-electron chi connectivity index (χ0n) is 17.4. The largest absolute Gasteiger partial charge is 0.378 e. The van der Waals surface area contributed by atoms with Crippen molar-refractivity contribution in [3.8, 4) is 0 Å². The van der Waals surface area contributed by atoms with E-state index in [0.29, 0.717) is 38.2 Å². The second-order valence-electron chi connectivity index (χ2n) is 7.97. The number of hydrazine groups is 1. The van der Waals surface area contributed by atoms with Crippen molar-refractivity contribution in [3.63, 3.8) is 0 Å². The first-order valence-corrected chi connectivity index (χ1v) is 10.3. The maximum absolute atomic E-state index is 12.9. The molecule has 2 unspecified atom stereocenters. The van der Waals surface area contributed by atoms with Crippen LogP contribution in [0.2, 0.25) is 0 Å². The molecule has 2 N–H and O–H groups in total. The maximum Gasteiger partial charge on any atom is 0.253 e. The van der Waals surface area contributed by atoms with Crippen LogP contribution < -0.4 is 15.8 Å². The summed E-state index contributed by atoms with van der Waals surface area (Å²) in [7, 11) is 3.95. The monoisotopic (exact) mass is 408 g/mol. The minimum absolute atomic E-state index is 0.0193. The summed E-state index contributed by atoms with van der Waals surface area (Å²) in [5.74, 6) is 0.104. The Morgan fingerprint density at radius 1 is 0.933 bits per heavy atom. The van der Waals surface area contributed by atoms with E-state index in [1.807, 2.05) is 65.2 Å². The molecule has 0 radical (unpaired) electrons. The number of aromatic nitrogens is 1. The second kappa shape index (κ2) is 8.81. The van der Waals surface area contributed by atoms with Gasteiger partial charge in [-0.3, -0.25) is 14.6 Å². The van der Waals surface area contributed by atoms with Crippen LogP contribution in [0.5, 0.6) is 0 Å². The molecule has 0 spiro atoms. The van der Waals surface area contributed by atoms with Gasteiger partial charge < -0.3 is 14.7 Å². The lowest BCUT2D eigenvalue weighted by Crippen LogP contribution is -2.54. The van der Waals surface area contributed by atoms with Gasteiger partial charge in [-0.25, -0.2) is 10.9 Å². The highest BCUT2D eigenvalue weighted by molar-refractivity contribution is 5.94. The third kappa shape index (κ3) is 4.29. The highest BCUT2D eigenvalue weighted by atomic mass is 16.2. The minimum atomic E-state index is -0.260. The van der Waals surface area contributed by atoms with Crippen LogP contribution in [-0.4, -0.2) is 72.9 Å². The summed E-state index contributed by atoms with van der Waals surface area (Å²) in [6.07, 6.45) is 4.22. The van der Waals surface area contributed by atoms with Gasteiger partial charge in [0.15, 0.2) is 0 Å². The minimum Gasteiger partial charge on any atom is -0.378 e. The summed E-state index contributed by atoms with van der Waals surface area (Å²) in [4.78, 5) is 35.5. The van der Waals surface area contributed by atoms with E-state index in [4.69, 9.17) is 0 Å². The van der Waals surface area contributed by atoms with Crippen LogP contribution in [-0.2, 0) is 4.79 Å². The molecule has 2 aliphatic rings. The summed E-state index contributed by atoms with van der Waals surface area (Å²) in [6.45, 7) is 2.21. The number of hydrogen-bond donors (Lipinski definition) is 2. The molecule has 2 fully saturated rings. The van der Waals surface area contributed by atoms with Gasteiger partial charge in [-0.1, -0.05) is 0 Å². The number of hydrogen-bond acceptors (Lipinski definition) is 6. The first kappa shape index (κ1) is 20.3. The van der Waals surface area contributed by atoms with E-state index in [2.05, 4.69) is 15.8 Å². The SMILES string of the molecule is CN(C)c1ccc(C(=O)N2CCN(C(=O)C3CC(c4ccncc4)NN3)CC2)cc1. The van der Waals surface area contributed by atoms with Gasteiger partial charge in [0.25, 0.3) is 5.91 Å². The van der Waals surface area contributed by atoms with E-state index in [1.165, 1.54) is 0 Å². The van der Waals surface area contributed by atoms with Gasteiger partial charge in [0.05, 0.1) is 0 Å². The lowest BCUT2D eigenvalue weighted by Gasteiger charge is -2.36. The molecular weight excluding hydrogens is 380 g/mol. The molecule has 2 aliphatic heterocycles. The van der Waals surface area contributed by atoms with Crippen LogP contribution in [0.25, 0.3) is 0 Å². The first-order valence-electron chi connectivity index (χ1n) is 10.3. The van der Waals surface area contributed by atoms with E-state index in [-0.39, 0.29) is 23.9 Å². The third-order valence-electron chi connectivity index (χ3n) is 5.82. The molecule has 1 aromatic carbocycles. The predicted molar refractivity (Wildman–Crippen MR) is 115 cm³/mol. The number of piperazine rings is 1. The number of anilines is 1. The maximum atomic E-state index is 12.9. The zero-order chi connectivity index (χ0) is 21.1. The lowest BCUT2D eigenvalue weighted by molar-refractivity contribution is -0.134. The Morgan fingerprint density at radius 3 is 2.20 bits per heavy atom. The van der Waals surface area contributed by atoms with E-state index in [0.717, 1.165) is 11.3 Å². The van der Waals surface area contributed by atoms with Crippen molar-refractivity contribution in [2.75, 3.05) is 45.2 Å². The lowest BCUT2D eigenvalue weighted by atomic mass is 10.0. The Kier molecular flexibility index (Phi) is 5.96. The Labute approximate surface area is 176 Å². The predicted octanol–water partition coefficient (Wildman–Crippen LogP) is 1.04. The quantitative estimate of drug-likeness (QED) is 0.787. The van der Waals surface area contributed by atoms with Crippen molar-refractivity contribution in [2.45, 2.75) is 18.5 Å². The summed E-state index contributed by atoms with van der Waals surface area (Å²) < 4.78 is 0. The molecule has 2 amide bonds. The molecule has 3 heterocycles. The fraction of sp³-hybridized carbons (Fsp3) is 0.409. The normalized spacial score (nSPS) is 21.5. The molecule has 158 valence electrons. The van der Waals surface area contributed by atoms with Gasteiger partial charge >= 0.3 is 0 Å². The van der Waals surface area contributed by atoms with E-state index in [1.54, 1.807) is 12.4 Å². The van der Waals surface area contributed by atoms with Crippen LogP contribution in [0.1, 0.15) is 28.4 Å². The highest BCUT2D eigenvalue weighted by Crippen LogP contribution is 2.23. The van der Waals surface area contributed by atoms with Crippen LogP contribution in [0.4, 0.5) is 5.69 Å². The van der Waals surface area contributed by atoms with Crippen molar-refractivity contribution in [2.24, 2.45) is 0 Å². The summed E-state index contributed by atoms with van der Waals surface area (Å²) in [5.41, 5.74) is 9.20. The zero-order valence-corrected chi connectivity index (χ0v) is 17.4.